The number of carbonyl (C=O) groups excluding carboxylic acids is 1. The number of amides is 1. The lowest BCUT2D eigenvalue weighted by Crippen LogP contribution is -2.15. The first-order valence-electron chi connectivity index (χ1n) is 7.75. The zero-order chi connectivity index (χ0) is 17.9. The van der Waals surface area contributed by atoms with Gasteiger partial charge in [0.15, 0.2) is 0 Å². The summed E-state index contributed by atoms with van der Waals surface area (Å²) < 4.78 is 6.43. The highest BCUT2D eigenvalue weighted by atomic mass is 16.5. The second kappa shape index (κ2) is 6.55. The minimum Gasteiger partial charge on any atom is -0.339 e. The first-order chi connectivity index (χ1) is 12.7. The van der Waals surface area contributed by atoms with E-state index in [0.717, 1.165) is 5.56 Å². The summed E-state index contributed by atoms with van der Waals surface area (Å²) in [5.41, 5.74) is 2.38. The van der Waals surface area contributed by atoms with Crippen molar-refractivity contribution < 1.29 is 9.32 Å². The van der Waals surface area contributed by atoms with Crippen LogP contribution in [0, 0.1) is 6.92 Å². The van der Waals surface area contributed by atoms with Crippen LogP contribution in [0.25, 0.3) is 17.1 Å². The minimum absolute atomic E-state index is 0.280. The molecule has 9 heteroatoms. The van der Waals surface area contributed by atoms with Crippen LogP contribution in [-0.2, 0) is 0 Å². The van der Waals surface area contributed by atoms with Crippen LogP contribution >= 0.6 is 0 Å². The van der Waals surface area contributed by atoms with Crippen molar-refractivity contribution in [3.05, 3.63) is 66.3 Å². The van der Waals surface area contributed by atoms with Gasteiger partial charge in [-0.15, -0.1) is 5.10 Å². The molecule has 0 bridgehead atoms. The smallest absolute Gasteiger partial charge is 0.257 e. The van der Waals surface area contributed by atoms with E-state index in [0.29, 0.717) is 28.7 Å². The molecule has 0 aliphatic carbocycles. The van der Waals surface area contributed by atoms with E-state index in [1.54, 1.807) is 37.3 Å². The fourth-order valence-electron chi connectivity index (χ4n) is 2.49. The maximum Gasteiger partial charge on any atom is 0.257 e. The molecule has 0 fully saturated rings. The number of nitrogens with zero attached hydrogens (tertiary/aromatic N) is 6. The Hall–Kier alpha value is -3.88. The molecule has 0 aliphatic heterocycles. The number of anilines is 1. The Kier molecular flexibility index (Phi) is 3.94. The molecular formula is C17H13N7O2. The van der Waals surface area contributed by atoms with Gasteiger partial charge < -0.3 is 9.84 Å². The molecule has 1 amide bonds. The van der Waals surface area contributed by atoms with Crippen LogP contribution in [0.2, 0.25) is 0 Å². The maximum absolute atomic E-state index is 12.7. The molecule has 4 rings (SSSR count). The molecule has 2 heterocycles. The van der Waals surface area contributed by atoms with Crippen LogP contribution in [0.3, 0.4) is 0 Å². The molecular weight excluding hydrogens is 334 g/mol. The van der Waals surface area contributed by atoms with Gasteiger partial charge in [0.25, 0.3) is 5.91 Å². The Morgan fingerprint density at radius 1 is 1.15 bits per heavy atom. The minimum atomic E-state index is -0.280. The summed E-state index contributed by atoms with van der Waals surface area (Å²) in [5.74, 6) is 0.662. The van der Waals surface area contributed by atoms with Crippen molar-refractivity contribution in [2.24, 2.45) is 0 Å². The number of nitrogens with one attached hydrogen (secondary N) is 1. The lowest BCUT2D eigenvalue weighted by atomic mass is 10.1. The van der Waals surface area contributed by atoms with Gasteiger partial charge in [0.2, 0.25) is 11.7 Å². The number of carbonyl (C=O) groups is 1. The molecule has 1 N–H and O–H groups in total. The van der Waals surface area contributed by atoms with Crippen molar-refractivity contribution in [1.29, 1.82) is 0 Å². The van der Waals surface area contributed by atoms with E-state index in [9.17, 15) is 4.79 Å². The Morgan fingerprint density at radius 2 is 2.04 bits per heavy atom. The number of hydrogen-bond donors (Lipinski definition) is 1. The molecule has 0 spiro atoms. The van der Waals surface area contributed by atoms with Crippen molar-refractivity contribution in [3.8, 4) is 17.1 Å². The van der Waals surface area contributed by atoms with Gasteiger partial charge in [-0.05, 0) is 34.7 Å². The summed E-state index contributed by atoms with van der Waals surface area (Å²) in [4.78, 5) is 16.9. The van der Waals surface area contributed by atoms with Crippen LogP contribution in [0.15, 0.2) is 59.4 Å². The third-order valence-electron chi connectivity index (χ3n) is 3.65. The Bertz CT molecular complexity index is 1060. The van der Waals surface area contributed by atoms with E-state index in [4.69, 9.17) is 4.52 Å². The van der Waals surface area contributed by atoms with E-state index >= 15 is 0 Å². The topological polar surface area (TPSA) is 112 Å². The molecule has 4 aromatic rings. The predicted molar refractivity (Wildman–Crippen MR) is 91.6 cm³/mol. The van der Waals surface area contributed by atoms with E-state index < -0.39 is 0 Å². The fourth-order valence-corrected chi connectivity index (χ4v) is 2.49. The van der Waals surface area contributed by atoms with Crippen LogP contribution in [0.4, 0.5) is 5.69 Å². The summed E-state index contributed by atoms with van der Waals surface area (Å²) >= 11 is 0. The van der Waals surface area contributed by atoms with Gasteiger partial charge in [-0.3, -0.25) is 4.79 Å². The van der Waals surface area contributed by atoms with Gasteiger partial charge in [0, 0.05) is 18.2 Å². The third kappa shape index (κ3) is 3.05. The number of tetrazole rings is 1. The lowest BCUT2D eigenvalue weighted by molar-refractivity contribution is 0.102. The molecule has 0 atom stereocenters. The van der Waals surface area contributed by atoms with Crippen LogP contribution in [0.1, 0.15) is 16.2 Å². The summed E-state index contributed by atoms with van der Waals surface area (Å²) in [6, 6.07) is 14.3. The van der Waals surface area contributed by atoms with E-state index in [-0.39, 0.29) is 5.91 Å². The van der Waals surface area contributed by atoms with Gasteiger partial charge in [0.1, 0.15) is 6.33 Å². The average molecular weight is 347 g/mol. The first-order valence-corrected chi connectivity index (χ1v) is 7.75. The highest BCUT2D eigenvalue weighted by Gasteiger charge is 2.14. The number of para-hydroxylation sites is 1. The molecule has 0 saturated heterocycles. The van der Waals surface area contributed by atoms with Crippen molar-refractivity contribution in [1.82, 2.24) is 30.3 Å². The lowest BCUT2D eigenvalue weighted by Gasteiger charge is -2.10. The van der Waals surface area contributed by atoms with Crippen molar-refractivity contribution in [2.75, 3.05) is 5.32 Å². The molecule has 9 nitrogen and oxygen atoms in total. The molecule has 0 unspecified atom stereocenters. The van der Waals surface area contributed by atoms with E-state index in [1.807, 2.05) is 18.2 Å². The first kappa shape index (κ1) is 15.6. The van der Waals surface area contributed by atoms with Crippen LogP contribution < -0.4 is 5.32 Å². The summed E-state index contributed by atoms with van der Waals surface area (Å²) in [5, 5.41) is 17.8. The summed E-state index contributed by atoms with van der Waals surface area (Å²) in [6.07, 6.45) is 1.44. The molecule has 0 saturated carbocycles. The maximum atomic E-state index is 12.7. The average Bonchev–Trinajstić information content (AvgIpc) is 3.34. The SMILES string of the molecule is Cc1nc(-c2cccc(NC(=O)c3ccccc3-n3cnnn3)c2)no1. The van der Waals surface area contributed by atoms with Gasteiger partial charge in [-0.1, -0.05) is 29.4 Å². The number of benzene rings is 2. The standard InChI is InChI=1S/C17H13N7O2/c1-11-19-16(21-26-11)12-5-4-6-13(9-12)20-17(25)14-7-2-3-8-15(14)24-10-18-22-23-24/h2-10H,1H3,(H,20,25). The highest BCUT2D eigenvalue weighted by Crippen LogP contribution is 2.21. The van der Waals surface area contributed by atoms with Crippen molar-refractivity contribution >= 4 is 11.6 Å². The van der Waals surface area contributed by atoms with Crippen molar-refractivity contribution in [3.63, 3.8) is 0 Å². The normalized spacial score (nSPS) is 10.7. The van der Waals surface area contributed by atoms with Gasteiger partial charge >= 0.3 is 0 Å². The van der Waals surface area contributed by atoms with Gasteiger partial charge in [-0.2, -0.15) is 9.67 Å². The van der Waals surface area contributed by atoms with Crippen molar-refractivity contribution in [2.45, 2.75) is 6.92 Å². The molecule has 128 valence electrons. The summed E-state index contributed by atoms with van der Waals surface area (Å²) in [7, 11) is 0. The predicted octanol–water partition coefficient (Wildman–Crippen LogP) is 2.27. The number of rotatable bonds is 4. The molecule has 2 aromatic carbocycles. The molecule has 26 heavy (non-hydrogen) atoms. The van der Waals surface area contributed by atoms with Crippen LogP contribution in [-0.4, -0.2) is 36.3 Å². The highest BCUT2D eigenvalue weighted by molar-refractivity contribution is 6.06. The second-order valence-corrected chi connectivity index (χ2v) is 5.44. The molecule has 0 radical (unpaired) electrons. The Morgan fingerprint density at radius 3 is 2.81 bits per heavy atom. The molecule has 0 aliphatic rings. The number of aromatic nitrogens is 6. The van der Waals surface area contributed by atoms with E-state index in [1.165, 1.54) is 11.0 Å². The summed E-state index contributed by atoms with van der Waals surface area (Å²) in [6.45, 7) is 1.72. The Balaban J connectivity index is 1.62. The van der Waals surface area contributed by atoms with E-state index in [2.05, 4.69) is 31.0 Å². The van der Waals surface area contributed by atoms with Gasteiger partial charge in [0.05, 0.1) is 11.3 Å². The fraction of sp³-hybridized carbons (Fsp3) is 0.0588. The monoisotopic (exact) mass is 347 g/mol. The Labute approximate surface area is 147 Å². The zero-order valence-electron chi connectivity index (χ0n) is 13.7. The largest absolute Gasteiger partial charge is 0.339 e. The zero-order valence-corrected chi connectivity index (χ0v) is 13.7. The van der Waals surface area contributed by atoms with Gasteiger partial charge in [-0.25, -0.2) is 0 Å². The number of aryl methyl sites for hydroxylation is 1. The van der Waals surface area contributed by atoms with Crippen LogP contribution in [0.5, 0.6) is 0 Å². The number of hydrogen-bond acceptors (Lipinski definition) is 7. The quantitative estimate of drug-likeness (QED) is 0.602. The molecule has 2 aromatic heterocycles. The third-order valence-corrected chi connectivity index (χ3v) is 3.65. The second-order valence-electron chi connectivity index (χ2n) is 5.44.